The van der Waals surface area contributed by atoms with Crippen LogP contribution >= 0.6 is 0 Å². The van der Waals surface area contributed by atoms with E-state index >= 15 is 0 Å². The SMILES string of the molecule is CCC(Nc1ccc(OC)c(F)c1)c1ccc(F)cn1. The zero-order valence-electron chi connectivity index (χ0n) is 11.4. The number of anilines is 1. The second-order valence-electron chi connectivity index (χ2n) is 4.36. The molecule has 1 N–H and O–H groups in total. The molecule has 0 amide bonds. The highest BCUT2D eigenvalue weighted by atomic mass is 19.1. The summed E-state index contributed by atoms with van der Waals surface area (Å²) < 4.78 is 31.4. The van der Waals surface area contributed by atoms with Crippen LogP contribution in [0.1, 0.15) is 25.1 Å². The minimum atomic E-state index is -0.431. The Bertz CT molecular complexity index is 573. The number of rotatable bonds is 5. The van der Waals surface area contributed by atoms with Gasteiger partial charge in [-0.2, -0.15) is 0 Å². The lowest BCUT2D eigenvalue weighted by atomic mass is 10.1. The number of methoxy groups -OCH3 is 1. The van der Waals surface area contributed by atoms with Crippen LogP contribution in [-0.4, -0.2) is 12.1 Å². The van der Waals surface area contributed by atoms with Crippen molar-refractivity contribution in [3.05, 3.63) is 53.9 Å². The maximum Gasteiger partial charge on any atom is 0.167 e. The van der Waals surface area contributed by atoms with Gasteiger partial charge in [0.05, 0.1) is 25.0 Å². The summed E-state index contributed by atoms with van der Waals surface area (Å²) in [5.41, 5.74) is 1.34. The van der Waals surface area contributed by atoms with Crippen molar-refractivity contribution in [2.45, 2.75) is 19.4 Å². The fourth-order valence-corrected chi connectivity index (χ4v) is 1.94. The van der Waals surface area contributed by atoms with Crippen molar-refractivity contribution in [2.75, 3.05) is 12.4 Å². The standard InChI is InChI=1S/C15H16F2N2O/c1-3-13(14-6-4-10(16)9-18-14)19-11-5-7-15(20-2)12(17)8-11/h4-9,13,19H,3H2,1-2H3. The molecule has 0 spiro atoms. The van der Waals surface area contributed by atoms with E-state index in [0.29, 0.717) is 11.4 Å². The highest BCUT2D eigenvalue weighted by Gasteiger charge is 2.12. The molecule has 5 heteroatoms. The van der Waals surface area contributed by atoms with Crippen molar-refractivity contribution < 1.29 is 13.5 Å². The molecule has 0 bridgehead atoms. The normalized spacial score (nSPS) is 12.0. The lowest BCUT2D eigenvalue weighted by Crippen LogP contribution is -2.11. The highest BCUT2D eigenvalue weighted by Crippen LogP contribution is 2.25. The van der Waals surface area contributed by atoms with Crippen LogP contribution in [0.15, 0.2) is 36.5 Å². The van der Waals surface area contributed by atoms with Crippen molar-refractivity contribution >= 4 is 5.69 Å². The predicted molar refractivity (Wildman–Crippen MR) is 73.8 cm³/mol. The van der Waals surface area contributed by atoms with E-state index in [1.54, 1.807) is 18.2 Å². The third kappa shape index (κ3) is 3.23. The van der Waals surface area contributed by atoms with E-state index in [4.69, 9.17) is 4.74 Å². The Balaban J connectivity index is 2.17. The van der Waals surface area contributed by atoms with Crippen LogP contribution in [0.25, 0.3) is 0 Å². The van der Waals surface area contributed by atoms with Crippen molar-refractivity contribution in [2.24, 2.45) is 0 Å². The molecule has 0 saturated carbocycles. The van der Waals surface area contributed by atoms with Gasteiger partial charge in [-0.25, -0.2) is 8.78 Å². The number of hydrogen-bond donors (Lipinski definition) is 1. The molecule has 2 rings (SSSR count). The molecule has 1 heterocycles. The van der Waals surface area contributed by atoms with E-state index in [9.17, 15) is 8.78 Å². The molecule has 0 aliphatic heterocycles. The number of halogens is 2. The Hall–Kier alpha value is -2.17. The molecule has 106 valence electrons. The minimum Gasteiger partial charge on any atom is -0.494 e. The van der Waals surface area contributed by atoms with Crippen LogP contribution in [0, 0.1) is 11.6 Å². The Morgan fingerprint density at radius 3 is 2.60 bits per heavy atom. The maximum absolute atomic E-state index is 13.6. The van der Waals surface area contributed by atoms with Crippen LogP contribution in [0.4, 0.5) is 14.5 Å². The zero-order valence-corrected chi connectivity index (χ0v) is 11.4. The van der Waals surface area contributed by atoms with Gasteiger partial charge < -0.3 is 10.1 Å². The fourth-order valence-electron chi connectivity index (χ4n) is 1.94. The fraction of sp³-hybridized carbons (Fsp3) is 0.267. The van der Waals surface area contributed by atoms with Gasteiger partial charge in [0, 0.05) is 11.8 Å². The van der Waals surface area contributed by atoms with Gasteiger partial charge in [0.25, 0.3) is 0 Å². The Kier molecular flexibility index (Phi) is 4.50. The van der Waals surface area contributed by atoms with Crippen LogP contribution in [0.2, 0.25) is 0 Å². The number of ether oxygens (including phenoxy) is 1. The Labute approximate surface area is 116 Å². The highest BCUT2D eigenvalue weighted by molar-refractivity contribution is 5.48. The molecule has 1 aromatic heterocycles. The first-order valence-corrected chi connectivity index (χ1v) is 6.35. The van der Waals surface area contributed by atoms with Gasteiger partial charge in [-0.3, -0.25) is 4.98 Å². The number of benzene rings is 1. The molecule has 0 aliphatic carbocycles. The summed E-state index contributed by atoms with van der Waals surface area (Å²) >= 11 is 0. The third-order valence-electron chi connectivity index (χ3n) is 3.01. The molecule has 0 aliphatic rings. The first-order valence-electron chi connectivity index (χ1n) is 6.35. The van der Waals surface area contributed by atoms with Crippen molar-refractivity contribution in [3.63, 3.8) is 0 Å². The van der Waals surface area contributed by atoms with Crippen molar-refractivity contribution in [1.29, 1.82) is 0 Å². The number of pyridine rings is 1. The Morgan fingerprint density at radius 2 is 2.05 bits per heavy atom. The van der Waals surface area contributed by atoms with Crippen molar-refractivity contribution in [1.82, 2.24) is 4.98 Å². The first-order chi connectivity index (χ1) is 9.63. The number of hydrogen-bond acceptors (Lipinski definition) is 3. The summed E-state index contributed by atoms with van der Waals surface area (Å²) in [6.07, 6.45) is 1.92. The van der Waals surface area contributed by atoms with E-state index in [0.717, 1.165) is 6.42 Å². The Morgan fingerprint density at radius 1 is 1.25 bits per heavy atom. The number of nitrogens with zero attached hydrogens (tertiary/aromatic N) is 1. The summed E-state index contributed by atoms with van der Waals surface area (Å²) in [6.45, 7) is 1.97. The average molecular weight is 278 g/mol. The van der Waals surface area contributed by atoms with Gasteiger partial charge >= 0.3 is 0 Å². The summed E-state index contributed by atoms with van der Waals surface area (Å²) in [4.78, 5) is 4.05. The molecule has 1 aromatic carbocycles. The van der Waals surface area contributed by atoms with Gasteiger partial charge in [-0.15, -0.1) is 0 Å². The largest absolute Gasteiger partial charge is 0.494 e. The van der Waals surface area contributed by atoms with Crippen LogP contribution < -0.4 is 10.1 Å². The van der Waals surface area contributed by atoms with Crippen LogP contribution in [0.3, 0.4) is 0 Å². The molecule has 0 fully saturated rings. The molecule has 1 atom stereocenters. The molecule has 3 nitrogen and oxygen atoms in total. The van der Waals surface area contributed by atoms with Gasteiger partial charge in [0.1, 0.15) is 5.82 Å². The van der Waals surface area contributed by atoms with E-state index < -0.39 is 5.82 Å². The monoisotopic (exact) mass is 278 g/mol. The van der Waals surface area contributed by atoms with E-state index in [1.807, 2.05) is 6.92 Å². The van der Waals surface area contributed by atoms with Gasteiger partial charge in [0.2, 0.25) is 0 Å². The summed E-state index contributed by atoms with van der Waals surface area (Å²) in [5.74, 6) is -0.609. The second kappa shape index (κ2) is 6.32. The molecule has 0 radical (unpaired) electrons. The lowest BCUT2D eigenvalue weighted by Gasteiger charge is -2.18. The molecule has 1 unspecified atom stereocenters. The van der Waals surface area contributed by atoms with Crippen LogP contribution in [-0.2, 0) is 0 Å². The van der Waals surface area contributed by atoms with E-state index in [2.05, 4.69) is 10.3 Å². The number of aromatic nitrogens is 1. The van der Waals surface area contributed by atoms with Crippen LogP contribution in [0.5, 0.6) is 5.75 Å². The van der Waals surface area contributed by atoms with Gasteiger partial charge in [-0.05, 0) is 30.7 Å². The van der Waals surface area contributed by atoms with Gasteiger partial charge in [0.15, 0.2) is 11.6 Å². The topological polar surface area (TPSA) is 34.1 Å². The summed E-state index contributed by atoms with van der Waals surface area (Å²) in [7, 11) is 1.42. The predicted octanol–water partition coefficient (Wildman–Crippen LogP) is 3.93. The smallest absolute Gasteiger partial charge is 0.167 e. The molecular formula is C15H16F2N2O. The third-order valence-corrected chi connectivity index (χ3v) is 3.01. The van der Waals surface area contributed by atoms with Gasteiger partial charge in [-0.1, -0.05) is 6.92 Å². The molecule has 0 saturated heterocycles. The number of nitrogens with one attached hydrogen (secondary N) is 1. The summed E-state index contributed by atoms with van der Waals surface area (Å²) in [6, 6.07) is 7.53. The molecule has 2 aromatic rings. The van der Waals surface area contributed by atoms with E-state index in [-0.39, 0.29) is 17.6 Å². The maximum atomic E-state index is 13.6. The summed E-state index contributed by atoms with van der Waals surface area (Å²) in [5, 5.41) is 3.18. The van der Waals surface area contributed by atoms with Crippen molar-refractivity contribution in [3.8, 4) is 5.75 Å². The van der Waals surface area contributed by atoms with E-state index in [1.165, 1.54) is 25.4 Å². The molecular weight excluding hydrogens is 262 g/mol. The second-order valence-corrected chi connectivity index (χ2v) is 4.36. The quantitative estimate of drug-likeness (QED) is 0.899. The lowest BCUT2D eigenvalue weighted by molar-refractivity contribution is 0.386. The average Bonchev–Trinajstić information content (AvgIpc) is 2.46. The molecule has 20 heavy (non-hydrogen) atoms. The zero-order chi connectivity index (χ0) is 14.5. The first kappa shape index (κ1) is 14.2. The minimum absolute atomic E-state index is 0.108.